The number of rotatable bonds is 4. The molecule has 1 aromatic carbocycles. The highest BCUT2D eigenvalue weighted by Crippen LogP contribution is 2.11. The van der Waals surface area contributed by atoms with Crippen LogP contribution in [0.15, 0.2) is 42.5 Å². The van der Waals surface area contributed by atoms with Gasteiger partial charge in [0.2, 0.25) is 0 Å². The molecule has 0 saturated carbocycles. The maximum atomic E-state index is 12.3. The van der Waals surface area contributed by atoms with Crippen LogP contribution in [0, 0.1) is 6.92 Å². The van der Waals surface area contributed by atoms with E-state index in [0.29, 0.717) is 12.1 Å². The van der Waals surface area contributed by atoms with E-state index < -0.39 is 0 Å². The Bertz CT molecular complexity index is 595. The Balaban J connectivity index is 2.07. The molecule has 1 heterocycles. The molecular weight excluding hydrogens is 252 g/mol. The molecule has 3 N–H and O–H groups in total. The Morgan fingerprint density at radius 3 is 2.55 bits per heavy atom. The first-order valence-electron chi connectivity index (χ1n) is 6.35. The van der Waals surface area contributed by atoms with Gasteiger partial charge in [-0.05, 0) is 43.3 Å². The highest BCUT2D eigenvalue weighted by atomic mass is 16.2. The summed E-state index contributed by atoms with van der Waals surface area (Å²) in [6.45, 7) is 2.42. The van der Waals surface area contributed by atoms with E-state index >= 15 is 0 Å². The highest BCUT2D eigenvalue weighted by Gasteiger charge is 2.12. The van der Waals surface area contributed by atoms with Crippen molar-refractivity contribution in [2.45, 2.75) is 13.5 Å². The summed E-state index contributed by atoms with van der Waals surface area (Å²) in [4.78, 5) is 18.3. The van der Waals surface area contributed by atoms with E-state index in [4.69, 9.17) is 5.84 Å². The summed E-state index contributed by atoms with van der Waals surface area (Å²) in [5.74, 6) is 5.25. The normalized spacial score (nSPS) is 10.2. The molecule has 2 aromatic rings. The number of pyridine rings is 1. The predicted molar refractivity (Wildman–Crippen MR) is 79.0 cm³/mol. The van der Waals surface area contributed by atoms with Gasteiger partial charge >= 0.3 is 0 Å². The highest BCUT2D eigenvalue weighted by molar-refractivity contribution is 5.94. The van der Waals surface area contributed by atoms with Crippen molar-refractivity contribution < 1.29 is 4.79 Å². The summed E-state index contributed by atoms with van der Waals surface area (Å²) in [6, 6.07) is 12.8. The van der Waals surface area contributed by atoms with Crippen LogP contribution in [-0.2, 0) is 6.54 Å². The molecule has 0 fully saturated rings. The van der Waals surface area contributed by atoms with Crippen molar-refractivity contribution in [2.75, 3.05) is 12.5 Å². The number of amides is 1. The molecule has 1 amide bonds. The van der Waals surface area contributed by atoms with Gasteiger partial charge in [0.1, 0.15) is 0 Å². The van der Waals surface area contributed by atoms with Crippen LogP contribution in [0.2, 0.25) is 0 Å². The fourth-order valence-electron chi connectivity index (χ4n) is 1.93. The summed E-state index contributed by atoms with van der Waals surface area (Å²) in [7, 11) is 1.77. The van der Waals surface area contributed by atoms with Gasteiger partial charge in [-0.15, -0.1) is 0 Å². The third-order valence-electron chi connectivity index (χ3n) is 2.99. The number of aromatic nitrogens is 1. The quantitative estimate of drug-likeness (QED) is 0.658. The third-order valence-corrected chi connectivity index (χ3v) is 2.99. The Morgan fingerprint density at radius 1 is 1.25 bits per heavy atom. The smallest absolute Gasteiger partial charge is 0.253 e. The van der Waals surface area contributed by atoms with Crippen LogP contribution in [-0.4, -0.2) is 22.8 Å². The van der Waals surface area contributed by atoms with Crippen molar-refractivity contribution in [1.82, 2.24) is 9.88 Å². The number of nitrogens with two attached hydrogens (primary N) is 1. The first-order chi connectivity index (χ1) is 9.60. The molecule has 5 nitrogen and oxygen atoms in total. The van der Waals surface area contributed by atoms with Crippen molar-refractivity contribution in [2.24, 2.45) is 5.84 Å². The standard InChI is InChI=1S/C15H18N4O/c1-11-4-3-5-14(17-11)10-19(2)15(20)12-6-8-13(18-16)9-7-12/h3-9,18H,10,16H2,1-2H3. The fourth-order valence-corrected chi connectivity index (χ4v) is 1.93. The third kappa shape index (κ3) is 3.33. The van der Waals surface area contributed by atoms with Crippen LogP contribution in [0.25, 0.3) is 0 Å². The molecule has 0 unspecified atom stereocenters. The molecule has 0 spiro atoms. The number of anilines is 1. The number of hydrazine groups is 1. The maximum absolute atomic E-state index is 12.3. The molecule has 5 heteroatoms. The van der Waals surface area contributed by atoms with Crippen LogP contribution >= 0.6 is 0 Å². The van der Waals surface area contributed by atoms with Crippen LogP contribution in [0.1, 0.15) is 21.7 Å². The van der Waals surface area contributed by atoms with E-state index in [1.807, 2.05) is 25.1 Å². The average Bonchev–Trinajstić information content (AvgIpc) is 2.46. The van der Waals surface area contributed by atoms with Crippen molar-refractivity contribution in [3.05, 3.63) is 59.4 Å². The van der Waals surface area contributed by atoms with E-state index in [1.165, 1.54) is 0 Å². The number of carbonyl (C=O) groups excluding carboxylic acids is 1. The molecule has 0 atom stereocenters. The molecule has 0 saturated heterocycles. The van der Waals surface area contributed by atoms with E-state index in [2.05, 4.69) is 10.4 Å². The number of hydrogen-bond acceptors (Lipinski definition) is 4. The van der Waals surface area contributed by atoms with Crippen LogP contribution < -0.4 is 11.3 Å². The Morgan fingerprint density at radius 2 is 1.95 bits per heavy atom. The number of nitrogen functional groups attached to an aromatic ring is 1. The van der Waals surface area contributed by atoms with Gasteiger partial charge in [0.05, 0.1) is 12.2 Å². The zero-order valence-electron chi connectivity index (χ0n) is 11.6. The molecular formula is C15H18N4O. The van der Waals surface area contributed by atoms with Gasteiger partial charge < -0.3 is 10.3 Å². The van der Waals surface area contributed by atoms with Gasteiger partial charge in [0.25, 0.3) is 5.91 Å². The minimum atomic E-state index is -0.0446. The van der Waals surface area contributed by atoms with E-state index in [9.17, 15) is 4.79 Å². The van der Waals surface area contributed by atoms with Gasteiger partial charge in [-0.25, -0.2) is 0 Å². The van der Waals surface area contributed by atoms with Crippen LogP contribution in [0.3, 0.4) is 0 Å². The van der Waals surface area contributed by atoms with Gasteiger partial charge in [-0.2, -0.15) is 0 Å². The lowest BCUT2D eigenvalue weighted by molar-refractivity contribution is 0.0783. The lowest BCUT2D eigenvalue weighted by Gasteiger charge is -2.17. The Hall–Kier alpha value is -2.40. The largest absolute Gasteiger partial charge is 0.336 e. The fraction of sp³-hybridized carbons (Fsp3) is 0.200. The second-order valence-electron chi connectivity index (χ2n) is 4.65. The molecule has 2 rings (SSSR count). The van der Waals surface area contributed by atoms with Gasteiger partial charge in [0, 0.05) is 24.0 Å². The van der Waals surface area contributed by atoms with Crippen molar-refractivity contribution in [3.8, 4) is 0 Å². The number of aryl methyl sites for hydroxylation is 1. The molecule has 0 radical (unpaired) electrons. The summed E-state index contributed by atoms with van der Waals surface area (Å²) in [5, 5.41) is 0. The summed E-state index contributed by atoms with van der Waals surface area (Å²) in [5.41, 5.74) is 5.75. The van der Waals surface area contributed by atoms with Crippen molar-refractivity contribution >= 4 is 11.6 Å². The molecule has 0 aliphatic heterocycles. The maximum Gasteiger partial charge on any atom is 0.253 e. The van der Waals surface area contributed by atoms with E-state index in [-0.39, 0.29) is 5.91 Å². The lowest BCUT2D eigenvalue weighted by atomic mass is 10.2. The van der Waals surface area contributed by atoms with Crippen molar-refractivity contribution in [3.63, 3.8) is 0 Å². The predicted octanol–water partition coefficient (Wildman–Crippen LogP) is 1.95. The first-order valence-corrected chi connectivity index (χ1v) is 6.35. The summed E-state index contributed by atoms with van der Waals surface area (Å²) < 4.78 is 0. The number of carbonyl (C=O) groups is 1. The zero-order chi connectivity index (χ0) is 14.5. The number of benzene rings is 1. The van der Waals surface area contributed by atoms with Gasteiger partial charge in [0.15, 0.2) is 0 Å². The molecule has 0 aliphatic carbocycles. The summed E-state index contributed by atoms with van der Waals surface area (Å²) >= 11 is 0. The van der Waals surface area contributed by atoms with E-state index in [1.54, 1.807) is 36.2 Å². The number of hydrogen-bond donors (Lipinski definition) is 2. The molecule has 104 valence electrons. The zero-order valence-corrected chi connectivity index (χ0v) is 11.6. The lowest BCUT2D eigenvalue weighted by Crippen LogP contribution is -2.26. The summed E-state index contributed by atoms with van der Waals surface area (Å²) in [6.07, 6.45) is 0. The minimum absolute atomic E-state index is 0.0446. The van der Waals surface area contributed by atoms with Crippen LogP contribution in [0.4, 0.5) is 5.69 Å². The molecule has 20 heavy (non-hydrogen) atoms. The number of nitrogens with one attached hydrogen (secondary N) is 1. The number of nitrogens with zero attached hydrogens (tertiary/aromatic N) is 2. The van der Waals surface area contributed by atoms with Gasteiger partial charge in [-0.3, -0.25) is 15.6 Å². The molecule has 0 bridgehead atoms. The SMILES string of the molecule is Cc1cccc(CN(C)C(=O)c2ccc(NN)cc2)n1. The molecule has 0 aliphatic rings. The second kappa shape index (κ2) is 6.16. The van der Waals surface area contributed by atoms with E-state index in [0.717, 1.165) is 17.1 Å². The Kier molecular flexibility index (Phi) is 4.32. The second-order valence-corrected chi connectivity index (χ2v) is 4.65. The average molecular weight is 270 g/mol. The minimum Gasteiger partial charge on any atom is -0.336 e. The van der Waals surface area contributed by atoms with Gasteiger partial charge in [-0.1, -0.05) is 6.07 Å². The molecule has 1 aromatic heterocycles. The Labute approximate surface area is 118 Å². The van der Waals surface area contributed by atoms with Crippen LogP contribution in [0.5, 0.6) is 0 Å². The monoisotopic (exact) mass is 270 g/mol. The van der Waals surface area contributed by atoms with Crippen molar-refractivity contribution in [1.29, 1.82) is 0 Å². The first kappa shape index (κ1) is 14.0. The topological polar surface area (TPSA) is 71.2 Å².